The van der Waals surface area contributed by atoms with Crippen molar-refractivity contribution in [3.63, 3.8) is 0 Å². The van der Waals surface area contributed by atoms with Crippen LogP contribution in [0, 0.1) is 6.57 Å². The molecule has 0 aliphatic carbocycles. The molecule has 0 saturated heterocycles. The summed E-state index contributed by atoms with van der Waals surface area (Å²) in [4.78, 5) is 16.7. The van der Waals surface area contributed by atoms with Crippen LogP contribution in [0.1, 0.15) is 25.5 Å². The third-order valence-corrected chi connectivity index (χ3v) is 4.67. The Morgan fingerprint density at radius 3 is 2.13 bits per heavy atom. The summed E-state index contributed by atoms with van der Waals surface area (Å²) in [5, 5.41) is 25.7. The van der Waals surface area contributed by atoms with Crippen LogP contribution >= 0.6 is 0 Å². The van der Waals surface area contributed by atoms with E-state index in [1.807, 2.05) is 26.0 Å². The maximum atomic E-state index is 13.2. The summed E-state index contributed by atoms with van der Waals surface area (Å²) in [5.41, 5.74) is 1.14. The molecule has 0 saturated carbocycles. The van der Waals surface area contributed by atoms with Gasteiger partial charge < -0.3 is 5.11 Å². The molecule has 2 aromatic heterocycles. The highest BCUT2D eigenvalue weighted by Crippen LogP contribution is 2.36. The number of nitrogens with one attached hydrogen (secondary N) is 1. The average molecular weight is 413 g/mol. The first-order valence-corrected chi connectivity index (χ1v) is 9.58. The van der Waals surface area contributed by atoms with Gasteiger partial charge in [0.15, 0.2) is 5.82 Å². The number of hydrogen-bond acceptors (Lipinski definition) is 5. The van der Waals surface area contributed by atoms with Crippen LogP contribution < -0.4 is 5.56 Å². The second kappa shape index (κ2) is 8.12. The van der Waals surface area contributed by atoms with E-state index in [1.165, 1.54) is 9.36 Å². The molecule has 9 heteroatoms. The van der Waals surface area contributed by atoms with Crippen molar-refractivity contribution >= 4 is 17.2 Å². The summed E-state index contributed by atoms with van der Waals surface area (Å²) in [6.45, 7) is 11.2. The Labute approximate surface area is 177 Å². The average Bonchev–Trinajstić information content (AvgIpc) is 3.31. The number of benzene rings is 2. The van der Waals surface area contributed by atoms with Crippen molar-refractivity contribution < 1.29 is 5.11 Å². The Hall–Kier alpha value is -4.45. The largest absolute Gasteiger partial charge is 0.492 e. The first-order valence-electron chi connectivity index (χ1n) is 9.58. The van der Waals surface area contributed by atoms with E-state index in [1.54, 1.807) is 48.5 Å². The number of H-pyrrole nitrogens is 1. The lowest BCUT2D eigenvalue weighted by molar-refractivity contribution is 0.426. The molecule has 154 valence electrons. The number of hydrogen-bond donors (Lipinski definition) is 2. The number of aromatic amines is 1. The smallest absolute Gasteiger partial charge is 0.303 e. The molecular formula is C22H19N7O2. The van der Waals surface area contributed by atoms with Gasteiger partial charge in [0.05, 0.1) is 23.6 Å². The standard InChI is InChI=1S/C22H19N7O2/c1-14(2)17-18(23-3)20(26-24-17)27-25-19-21(30)28(15-10-6-4-7-11-15)29(22(19)31)16-12-8-5-9-13-16/h4-14,30H,1-2H3,(H,24,26)/b27-25+. The fourth-order valence-electron chi connectivity index (χ4n) is 3.20. The molecule has 4 rings (SSSR count). The van der Waals surface area contributed by atoms with Crippen molar-refractivity contribution in [1.29, 1.82) is 0 Å². The minimum atomic E-state index is -0.552. The quantitative estimate of drug-likeness (QED) is 0.349. The normalized spacial score (nSPS) is 11.3. The van der Waals surface area contributed by atoms with E-state index in [0.717, 1.165) is 0 Å². The lowest BCUT2D eigenvalue weighted by atomic mass is 10.1. The third kappa shape index (κ3) is 3.51. The number of rotatable bonds is 5. The van der Waals surface area contributed by atoms with Gasteiger partial charge in [-0.2, -0.15) is 5.10 Å². The third-order valence-electron chi connectivity index (χ3n) is 4.67. The van der Waals surface area contributed by atoms with Gasteiger partial charge in [0, 0.05) is 0 Å². The van der Waals surface area contributed by atoms with Crippen molar-refractivity contribution in [2.75, 3.05) is 0 Å². The van der Waals surface area contributed by atoms with Crippen LogP contribution in [-0.4, -0.2) is 24.7 Å². The first-order chi connectivity index (χ1) is 15.0. The highest BCUT2D eigenvalue weighted by molar-refractivity contribution is 5.66. The van der Waals surface area contributed by atoms with Crippen LogP contribution in [-0.2, 0) is 0 Å². The summed E-state index contributed by atoms with van der Waals surface area (Å²) in [7, 11) is 0. The summed E-state index contributed by atoms with van der Waals surface area (Å²) in [6, 6.07) is 17.9. The van der Waals surface area contributed by atoms with Gasteiger partial charge in [-0.1, -0.05) is 50.2 Å². The molecule has 0 atom stereocenters. The number of aromatic nitrogens is 4. The molecule has 0 aliphatic rings. The molecular weight excluding hydrogens is 394 g/mol. The molecule has 4 aromatic rings. The van der Waals surface area contributed by atoms with Gasteiger partial charge in [-0.25, -0.2) is 14.2 Å². The molecule has 0 bridgehead atoms. The zero-order chi connectivity index (χ0) is 22.0. The van der Waals surface area contributed by atoms with Crippen molar-refractivity contribution in [1.82, 2.24) is 19.6 Å². The van der Waals surface area contributed by atoms with Crippen LogP contribution in [0.25, 0.3) is 16.2 Å². The Morgan fingerprint density at radius 2 is 1.58 bits per heavy atom. The lowest BCUT2D eigenvalue weighted by Gasteiger charge is -2.12. The topological polar surface area (TPSA) is 105 Å². The van der Waals surface area contributed by atoms with Crippen molar-refractivity contribution in [3.8, 4) is 17.3 Å². The van der Waals surface area contributed by atoms with Gasteiger partial charge >= 0.3 is 5.56 Å². The SMILES string of the molecule is [C-]#[N+]c1c(C(C)C)n[nH]c1/N=N/c1c(O)n(-c2ccccc2)n(-c2ccccc2)c1=O. The summed E-state index contributed by atoms with van der Waals surface area (Å²) < 4.78 is 2.69. The number of nitrogens with zero attached hydrogens (tertiary/aromatic N) is 6. The Balaban J connectivity index is 1.89. The fraction of sp³-hybridized carbons (Fsp3) is 0.136. The van der Waals surface area contributed by atoms with Crippen LogP contribution in [0.4, 0.5) is 17.2 Å². The summed E-state index contributed by atoms with van der Waals surface area (Å²) in [5.74, 6) is -0.208. The Kier molecular flexibility index (Phi) is 5.20. The van der Waals surface area contributed by atoms with Crippen molar-refractivity contribution in [2.24, 2.45) is 10.2 Å². The molecule has 2 N–H and O–H groups in total. The zero-order valence-corrected chi connectivity index (χ0v) is 16.9. The van der Waals surface area contributed by atoms with Gasteiger partial charge in [0.1, 0.15) is 0 Å². The van der Waals surface area contributed by atoms with Crippen molar-refractivity contribution in [2.45, 2.75) is 19.8 Å². The molecule has 0 unspecified atom stereocenters. The molecule has 2 aromatic carbocycles. The zero-order valence-electron chi connectivity index (χ0n) is 16.9. The Morgan fingerprint density at radius 1 is 1.00 bits per heavy atom. The second-order valence-electron chi connectivity index (χ2n) is 7.04. The lowest BCUT2D eigenvalue weighted by Crippen LogP contribution is -2.20. The van der Waals surface area contributed by atoms with Gasteiger partial charge in [-0.05, 0) is 30.2 Å². The van der Waals surface area contributed by atoms with Gasteiger partial charge in [-0.3, -0.25) is 9.89 Å². The molecule has 31 heavy (non-hydrogen) atoms. The fourth-order valence-corrected chi connectivity index (χ4v) is 3.20. The molecule has 2 heterocycles. The van der Waals surface area contributed by atoms with E-state index >= 15 is 0 Å². The highest BCUT2D eigenvalue weighted by Gasteiger charge is 2.23. The molecule has 9 nitrogen and oxygen atoms in total. The predicted molar refractivity (Wildman–Crippen MR) is 116 cm³/mol. The van der Waals surface area contributed by atoms with E-state index in [4.69, 9.17) is 6.57 Å². The van der Waals surface area contributed by atoms with E-state index in [9.17, 15) is 9.90 Å². The molecule has 0 amide bonds. The Bertz CT molecular complexity index is 1340. The van der Waals surface area contributed by atoms with Gasteiger partial charge in [0.2, 0.25) is 11.6 Å². The van der Waals surface area contributed by atoms with Crippen molar-refractivity contribution in [3.05, 3.63) is 88.1 Å². The van der Waals surface area contributed by atoms with E-state index in [0.29, 0.717) is 17.1 Å². The van der Waals surface area contributed by atoms with Crippen LogP contribution in [0.15, 0.2) is 75.7 Å². The van der Waals surface area contributed by atoms with Gasteiger partial charge in [0.25, 0.3) is 5.69 Å². The van der Waals surface area contributed by atoms with Gasteiger partial charge in [-0.15, -0.1) is 10.2 Å². The van der Waals surface area contributed by atoms with Crippen LogP contribution in [0.2, 0.25) is 0 Å². The summed E-state index contributed by atoms with van der Waals surface area (Å²) >= 11 is 0. The maximum Gasteiger partial charge on any atom is 0.303 e. The first kappa shape index (κ1) is 19.8. The van der Waals surface area contributed by atoms with Crippen LogP contribution in [0.3, 0.4) is 0 Å². The summed E-state index contributed by atoms with van der Waals surface area (Å²) in [6.07, 6.45) is 0. The maximum absolute atomic E-state index is 13.2. The van der Waals surface area contributed by atoms with Crippen LogP contribution in [0.5, 0.6) is 5.88 Å². The minimum absolute atomic E-state index is 0.0205. The van der Waals surface area contributed by atoms with E-state index in [2.05, 4.69) is 25.3 Å². The minimum Gasteiger partial charge on any atom is -0.492 e. The van der Waals surface area contributed by atoms with E-state index in [-0.39, 0.29) is 29.0 Å². The number of aromatic hydroxyl groups is 1. The van der Waals surface area contributed by atoms with E-state index < -0.39 is 5.56 Å². The highest BCUT2D eigenvalue weighted by atomic mass is 16.3. The number of azo groups is 1. The molecule has 0 spiro atoms. The molecule has 0 aliphatic heterocycles. The monoisotopic (exact) mass is 413 g/mol. The molecule has 0 radical (unpaired) electrons. The second-order valence-corrected chi connectivity index (χ2v) is 7.04. The molecule has 0 fully saturated rings. The number of para-hydroxylation sites is 2. The predicted octanol–water partition coefficient (Wildman–Crippen LogP) is 5.15.